The van der Waals surface area contributed by atoms with Crippen LogP contribution in [0.3, 0.4) is 0 Å². The molecule has 16 nitrogen and oxygen atoms in total. The summed E-state index contributed by atoms with van der Waals surface area (Å²) < 4.78 is 23.4. The van der Waals surface area contributed by atoms with Crippen molar-refractivity contribution in [2.75, 3.05) is 46.9 Å². The molecule has 1 heterocycles. The highest BCUT2D eigenvalue weighted by Gasteiger charge is 2.48. The van der Waals surface area contributed by atoms with Crippen molar-refractivity contribution in [3.8, 4) is 0 Å². The van der Waals surface area contributed by atoms with Crippen LogP contribution in [0, 0.1) is 0 Å². The van der Waals surface area contributed by atoms with E-state index in [0.717, 1.165) is 0 Å². The molecule has 1 aliphatic heterocycles. The van der Waals surface area contributed by atoms with Gasteiger partial charge in [0.05, 0.1) is 30.9 Å². The Morgan fingerprint density at radius 1 is 1.12 bits per heavy atom. The third-order valence-corrected chi connectivity index (χ3v) is 7.14. The normalized spacial score (nSPS) is 34.1. The lowest BCUT2D eigenvalue weighted by molar-refractivity contribution is -0.277. The zero-order valence-electron chi connectivity index (χ0n) is 23.3. The standard InChI is InChI=1S/C24H50N6O10/c1-28-11-17(33)24(37-2)40-21-15(30-22(36)18(34)16(32)5-6-25)9-14(27)20(19(21)35)39-23-13(26)4-3-12(38-23)10-29-7-8-31/h12-21,23-24,28-29,31-35H,3-11,25-27H2,1-2H3,(H,30,36)/t12-,13?,14-,15+,16-,17?,18-,19?,20?,21?,23+,24+/m0/s1. The van der Waals surface area contributed by atoms with Crippen LogP contribution in [-0.4, -0.2) is 152 Å². The Morgan fingerprint density at radius 3 is 2.48 bits per heavy atom. The van der Waals surface area contributed by atoms with Crippen LogP contribution in [0.1, 0.15) is 25.7 Å². The van der Waals surface area contributed by atoms with Gasteiger partial charge in [0.2, 0.25) is 0 Å². The summed E-state index contributed by atoms with van der Waals surface area (Å²) in [6, 6.07) is -2.26. The number of carbonyl (C=O) groups excluding carboxylic acids is 1. The Labute approximate surface area is 234 Å². The van der Waals surface area contributed by atoms with Gasteiger partial charge in [-0.05, 0) is 39.3 Å². The molecule has 40 heavy (non-hydrogen) atoms. The fourth-order valence-corrected chi connectivity index (χ4v) is 4.93. The molecule has 0 bridgehead atoms. The Morgan fingerprint density at radius 2 is 1.85 bits per heavy atom. The quantitative estimate of drug-likeness (QED) is 0.0563. The van der Waals surface area contributed by atoms with E-state index in [4.69, 9.17) is 41.3 Å². The van der Waals surface area contributed by atoms with Gasteiger partial charge in [0.25, 0.3) is 5.91 Å². The highest BCUT2D eigenvalue weighted by molar-refractivity contribution is 5.81. The van der Waals surface area contributed by atoms with Gasteiger partial charge in [0.15, 0.2) is 18.7 Å². The predicted octanol–water partition coefficient (Wildman–Crippen LogP) is -5.63. The van der Waals surface area contributed by atoms with Crippen molar-refractivity contribution in [2.24, 2.45) is 17.2 Å². The molecule has 236 valence electrons. The third kappa shape index (κ3) is 10.0. The minimum Gasteiger partial charge on any atom is -0.395 e. The molecule has 14 N–H and O–H groups in total. The van der Waals surface area contributed by atoms with Gasteiger partial charge in [-0.25, -0.2) is 0 Å². The first-order valence-electron chi connectivity index (χ1n) is 13.8. The smallest absolute Gasteiger partial charge is 0.251 e. The number of amides is 1. The van der Waals surface area contributed by atoms with Gasteiger partial charge < -0.3 is 77.6 Å². The highest BCUT2D eigenvalue weighted by Crippen LogP contribution is 2.30. The molecule has 12 atom stereocenters. The summed E-state index contributed by atoms with van der Waals surface area (Å²) in [5.41, 5.74) is 18.1. The molecule has 0 aromatic rings. The summed E-state index contributed by atoms with van der Waals surface area (Å²) in [6.45, 7) is 1.05. The van der Waals surface area contributed by atoms with Gasteiger partial charge in [-0.2, -0.15) is 0 Å². The van der Waals surface area contributed by atoms with Crippen LogP contribution in [0.25, 0.3) is 0 Å². The molecule has 1 amide bonds. The number of ether oxygens (including phenoxy) is 4. The van der Waals surface area contributed by atoms with E-state index in [0.29, 0.717) is 25.9 Å². The van der Waals surface area contributed by atoms with Crippen LogP contribution in [0.15, 0.2) is 0 Å². The van der Waals surface area contributed by atoms with Crippen LogP contribution in [0.4, 0.5) is 0 Å². The average molecular weight is 583 g/mol. The van der Waals surface area contributed by atoms with Crippen molar-refractivity contribution in [2.45, 2.75) is 99.1 Å². The van der Waals surface area contributed by atoms with Crippen LogP contribution >= 0.6 is 0 Å². The van der Waals surface area contributed by atoms with E-state index in [1.165, 1.54) is 7.11 Å². The summed E-state index contributed by atoms with van der Waals surface area (Å²) in [6.07, 6.45) is -9.00. The molecule has 5 unspecified atom stereocenters. The molecule has 0 radical (unpaired) electrons. The molecule has 0 aromatic heterocycles. The van der Waals surface area contributed by atoms with Crippen LogP contribution in [0.2, 0.25) is 0 Å². The first-order chi connectivity index (χ1) is 19.1. The lowest BCUT2D eigenvalue weighted by atomic mass is 9.83. The molecule has 2 fully saturated rings. The van der Waals surface area contributed by atoms with E-state index in [-0.39, 0.29) is 38.6 Å². The van der Waals surface area contributed by atoms with Gasteiger partial charge in [0, 0.05) is 32.8 Å². The molecule has 1 aliphatic carbocycles. The van der Waals surface area contributed by atoms with Gasteiger partial charge >= 0.3 is 0 Å². The van der Waals surface area contributed by atoms with Crippen molar-refractivity contribution < 1.29 is 49.3 Å². The van der Waals surface area contributed by atoms with Crippen molar-refractivity contribution in [1.29, 1.82) is 0 Å². The maximum Gasteiger partial charge on any atom is 0.251 e. The van der Waals surface area contributed by atoms with Gasteiger partial charge in [-0.15, -0.1) is 0 Å². The summed E-state index contributed by atoms with van der Waals surface area (Å²) in [5, 5.41) is 59.6. The number of nitrogens with one attached hydrogen (secondary N) is 3. The monoisotopic (exact) mass is 582 g/mol. The molecule has 2 rings (SSSR count). The number of methoxy groups -OCH3 is 1. The highest BCUT2D eigenvalue weighted by atomic mass is 16.7. The van der Waals surface area contributed by atoms with Crippen LogP contribution in [-0.2, 0) is 23.7 Å². The van der Waals surface area contributed by atoms with E-state index in [9.17, 15) is 25.2 Å². The SMILES string of the molecule is CNCC(O)[C@H](OC)OC1C(O)C(O[C@H]2O[C@H](CNCCO)CCC2N)[C@@H](N)C[C@H]1NC(=O)[C@@H](O)[C@@H](O)CCN. The second kappa shape index (κ2) is 17.8. The summed E-state index contributed by atoms with van der Waals surface area (Å²) in [5.74, 6) is -0.904. The molecule has 2 aliphatic rings. The second-order valence-electron chi connectivity index (χ2n) is 10.3. The number of hydrogen-bond donors (Lipinski definition) is 11. The fourth-order valence-electron chi connectivity index (χ4n) is 4.93. The van der Waals surface area contributed by atoms with Crippen molar-refractivity contribution >= 4 is 5.91 Å². The number of aliphatic hydroxyl groups excluding tert-OH is 5. The summed E-state index contributed by atoms with van der Waals surface area (Å²) >= 11 is 0. The molecular formula is C24H50N6O10. The second-order valence-corrected chi connectivity index (χ2v) is 10.3. The summed E-state index contributed by atoms with van der Waals surface area (Å²) in [7, 11) is 2.95. The topological polar surface area (TPSA) is 269 Å². The molecule has 0 spiro atoms. The first-order valence-corrected chi connectivity index (χ1v) is 13.8. The molecular weight excluding hydrogens is 532 g/mol. The van der Waals surface area contributed by atoms with E-state index < -0.39 is 73.2 Å². The first kappa shape index (κ1) is 35.1. The predicted molar refractivity (Wildman–Crippen MR) is 143 cm³/mol. The van der Waals surface area contributed by atoms with E-state index in [2.05, 4.69) is 16.0 Å². The maximum atomic E-state index is 12.7. The van der Waals surface area contributed by atoms with E-state index in [1.807, 2.05) is 0 Å². The number of likely N-dealkylation sites (N-methyl/N-ethyl adjacent to an activating group) is 1. The van der Waals surface area contributed by atoms with E-state index in [1.54, 1.807) is 7.05 Å². The number of carbonyl (C=O) groups is 1. The van der Waals surface area contributed by atoms with Gasteiger partial charge in [0.1, 0.15) is 24.4 Å². The number of rotatable bonds is 17. The van der Waals surface area contributed by atoms with E-state index >= 15 is 0 Å². The third-order valence-electron chi connectivity index (χ3n) is 7.14. The Bertz CT molecular complexity index is 730. The lowest BCUT2D eigenvalue weighted by Gasteiger charge is -2.46. The zero-order chi connectivity index (χ0) is 29.8. The number of aliphatic hydroxyl groups is 5. The zero-order valence-corrected chi connectivity index (χ0v) is 23.3. The minimum atomic E-state index is -1.77. The molecule has 1 saturated heterocycles. The Balaban J connectivity index is 2.22. The van der Waals surface area contributed by atoms with Crippen LogP contribution in [0.5, 0.6) is 0 Å². The average Bonchev–Trinajstić information content (AvgIpc) is 2.92. The summed E-state index contributed by atoms with van der Waals surface area (Å²) in [4.78, 5) is 12.7. The molecule has 0 aromatic carbocycles. The van der Waals surface area contributed by atoms with Crippen LogP contribution < -0.4 is 33.2 Å². The van der Waals surface area contributed by atoms with Crippen molar-refractivity contribution in [1.82, 2.24) is 16.0 Å². The Hall–Kier alpha value is -1.09. The Kier molecular flexibility index (Phi) is 15.6. The van der Waals surface area contributed by atoms with Gasteiger partial charge in [-0.3, -0.25) is 4.79 Å². The number of nitrogens with two attached hydrogens (primary N) is 3. The maximum absolute atomic E-state index is 12.7. The van der Waals surface area contributed by atoms with Gasteiger partial charge in [-0.1, -0.05) is 0 Å². The fraction of sp³-hybridized carbons (Fsp3) is 0.958. The molecule has 1 saturated carbocycles. The van der Waals surface area contributed by atoms with Crippen molar-refractivity contribution in [3.63, 3.8) is 0 Å². The number of hydrogen-bond acceptors (Lipinski definition) is 15. The van der Waals surface area contributed by atoms with Crippen molar-refractivity contribution in [3.05, 3.63) is 0 Å². The largest absolute Gasteiger partial charge is 0.395 e. The minimum absolute atomic E-state index is 0.00263. The molecule has 16 heteroatoms. The lowest BCUT2D eigenvalue weighted by Crippen LogP contribution is -2.67.